The molecule has 2 fully saturated rings. The zero-order valence-corrected chi connectivity index (χ0v) is 13.6. The molecular formula is C18H23N3O3. The van der Waals surface area contributed by atoms with Crippen molar-refractivity contribution in [3.63, 3.8) is 0 Å². The van der Waals surface area contributed by atoms with Gasteiger partial charge in [0.25, 0.3) is 0 Å². The van der Waals surface area contributed by atoms with Crippen molar-refractivity contribution < 1.29 is 14.4 Å². The summed E-state index contributed by atoms with van der Waals surface area (Å²) >= 11 is 0. The third kappa shape index (κ3) is 3.33. The number of amides is 3. The third-order valence-electron chi connectivity index (χ3n) is 4.98. The second-order valence-electron chi connectivity index (χ2n) is 6.58. The summed E-state index contributed by atoms with van der Waals surface area (Å²) in [5, 5.41) is 2.72. The molecule has 3 amide bonds. The molecule has 3 unspecified atom stereocenters. The molecule has 0 aromatic heterocycles. The van der Waals surface area contributed by atoms with Gasteiger partial charge in [-0.1, -0.05) is 43.2 Å². The van der Waals surface area contributed by atoms with Gasteiger partial charge in [-0.3, -0.25) is 19.3 Å². The van der Waals surface area contributed by atoms with Gasteiger partial charge >= 0.3 is 0 Å². The van der Waals surface area contributed by atoms with Crippen molar-refractivity contribution in [1.82, 2.24) is 10.2 Å². The van der Waals surface area contributed by atoms with Crippen LogP contribution in [-0.4, -0.2) is 35.7 Å². The highest BCUT2D eigenvalue weighted by Gasteiger charge is 2.48. The second kappa shape index (κ2) is 7.13. The minimum absolute atomic E-state index is 0.188. The molecule has 24 heavy (non-hydrogen) atoms. The van der Waals surface area contributed by atoms with Crippen molar-refractivity contribution in [2.75, 3.05) is 13.1 Å². The van der Waals surface area contributed by atoms with Crippen molar-refractivity contribution in [3.8, 4) is 0 Å². The topological polar surface area (TPSA) is 92.5 Å². The number of nitrogens with one attached hydrogen (secondary N) is 1. The quantitative estimate of drug-likeness (QED) is 0.788. The zero-order valence-electron chi connectivity index (χ0n) is 13.6. The maximum atomic E-state index is 12.3. The maximum absolute atomic E-state index is 12.3. The number of fused-ring (bicyclic) bond motifs is 1. The van der Waals surface area contributed by atoms with E-state index in [1.807, 2.05) is 30.3 Å². The number of benzene rings is 1. The Labute approximate surface area is 141 Å². The Kier molecular flexibility index (Phi) is 4.94. The summed E-state index contributed by atoms with van der Waals surface area (Å²) in [4.78, 5) is 37.9. The third-order valence-corrected chi connectivity index (χ3v) is 4.98. The summed E-state index contributed by atoms with van der Waals surface area (Å²) in [6.45, 7) is 0.0676. The molecule has 3 N–H and O–H groups in total. The van der Waals surface area contributed by atoms with Crippen LogP contribution in [0.4, 0.5) is 0 Å². The standard InChI is InChI=1S/C18H23N3O3/c19-15(12-6-2-1-3-7-12)10-20-16(22)11-21-17(23)13-8-4-5-9-14(13)18(21)24/h1-3,6-7,13-15H,4-5,8-11,19H2,(H,20,22). The number of hydrogen-bond acceptors (Lipinski definition) is 4. The lowest BCUT2D eigenvalue weighted by atomic mass is 9.81. The van der Waals surface area contributed by atoms with E-state index in [1.165, 1.54) is 0 Å². The van der Waals surface area contributed by atoms with E-state index in [-0.39, 0.29) is 48.7 Å². The Morgan fingerprint density at radius 3 is 2.29 bits per heavy atom. The van der Waals surface area contributed by atoms with E-state index < -0.39 is 0 Å². The van der Waals surface area contributed by atoms with Crippen LogP contribution in [0.25, 0.3) is 0 Å². The van der Waals surface area contributed by atoms with Crippen LogP contribution in [0.15, 0.2) is 30.3 Å². The fourth-order valence-electron chi connectivity index (χ4n) is 3.63. The predicted octanol–water partition coefficient (Wildman–Crippen LogP) is 0.978. The SMILES string of the molecule is NC(CNC(=O)CN1C(=O)C2CCCCC2C1=O)c1ccccc1. The molecule has 0 radical (unpaired) electrons. The number of hydrogen-bond donors (Lipinski definition) is 2. The smallest absolute Gasteiger partial charge is 0.240 e. The Hall–Kier alpha value is -2.21. The number of nitrogens with two attached hydrogens (primary N) is 1. The molecule has 3 atom stereocenters. The average molecular weight is 329 g/mol. The van der Waals surface area contributed by atoms with Crippen molar-refractivity contribution in [3.05, 3.63) is 35.9 Å². The van der Waals surface area contributed by atoms with Gasteiger partial charge in [0.05, 0.1) is 11.8 Å². The Balaban J connectivity index is 1.53. The van der Waals surface area contributed by atoms with E-state index in [1.54, 1.807) is 0 Å². The lowest BCUT2D eigenvalue weighted by Gasteiger charge is -2.19. The minimum Gasteiger partial charge on any atom is -0.353 e. The lowest BCUT2D eigenvalue weighted by molar-refractivity contribution is -0.143. The van der Waals surface area contributed by atoms with Gasteiger partial charge < -0.3 is 11.1 Å². The molecule has 1 saturated heterocycles. The van der Waals surface area contributed by atoms with Crippen LogP contribution in [0.1, 0.15) is 37.3 Å². The van der Waals surface area contributed by atoms with Gasteiger partial charge in [-0.15, -0.1) is 0 Å². The molecule has 1 saturated carbocycles. The maximum Gasteiger partial charge on any atom is 0.240 e. The van der Waals surface area contributed by atoms with Crippen LogP contribution in [0.5, 0.6) is 0 Å². The monoisotopic (exact) mass is 329 g/mol. The highest BCUT2D eigenvalue weighted by Crippen LogP contribution is 2.37. The lowest BCUT2D eigenvalue weighted by Crippen LogP contribution is -2.42. The van der Waals surface area contributed by atoms with Crippen molar-refractivity contribution in [1.29, 1.82) is 0 Å². The van der Waals surface area contributed by atoms with Gasteiger partial charge in [0.15, 0.2) is 0 Å². The number of nitrogens with zero attached hydrogens (tertiary/aromatic N) is 1. The molecule has 2 aliphatic rings. The van der Waals surface area contributed by atoms with Gasteiger partial charge in [-0.25, -0.2) is 0 Å². The van der Waals surface area contributed by atoms with Crippen LogP contribution in [-0.2, 0) is 14.4 Å². The van der Waals surface area contributed by atoms with Crippen LogP contribution >= 0.6 is 0 Å². The molecule has 6 heteroatoms. The first-order valence-corrected chi connectivity index (χ1v) is 8.50. The van der Waals surface area contributed by atoms with E-state index in [0.717, 1.165) is 36.1 Å². The van der Waals surface area contributed by atoms with Gasteiger partial charge in [0.2, 0.25) is 17.7 Å². The number of carbonyl (C=O) groups excluding carboxylic acids is 3. The van der Waals surface area contributed by atoms with E-state index in [0.29, 0.717) is 0 Å². The summed E-state index contributed by atoms with van der Waals surface area (Å²) in [6, 6.07) is 9.16. The minimum atomic E-state index is -0.346. The van der Waals surface area contributed by atoms with Crippen molar-refractivity contribution >= 4 is 17.7 Å². The summed E-state index contributed by atoms with van der Waals surface area (Å²) in [5.41, 5.74) is 6.97. The van der Waals surface area contributed by atoms with E-state index in [4.69, 9.17) is 5.73 Å². The number of carbonyl (C=O) groups is 3. The molecule has 1 heterocycles. The summed E-state index contributed by atoms with van der Waals surface area (Å²) < 4.78 is 0. The second-order valence-corrected chi connectivity index (χ2v) is 6.58. The van der Waals surface area contributed by atoms with Gasteiger partial charge in [-0.2, -0.15) is 0 Å². The molecule has 1 aliphatic carbocycles. The van der Waals surface area contributed by atoms with Gasteiger partial charge in [0, 0.05) is 12.6 Å². The van der Waals surface area contributed by atoms with Crippen LogP contribution in [0.3, 0.4) is 0 Å². The molecule has 1 aromatic carbocycles. The molecule has 0 bridgehead atoms. The molecule has 128 valence electrons. The molecule has 0 spiro atoms. The number of rotatable bonds is 5. The number of likely N-dealkylation sites (tertiary alicyclic amines) is 1. The first-order valence-electron chi connectivity index (χ1n) is 8.50. The van der Waals surface area contributed by atoms with Crippen LogP contribution in [0.2, 0.25) is 0 Å². The fourth-order valence-corrected chi connectivity index (χ4v) is 3.63. The normalized spacial score (nSPS) is 24.6. The Bertz CT molecular complexity index is 608. The van der Waals surface area contributed by atoms with Crippen molar-refractivity contribution in [2.45, 2.75) is 31.7 Å². The summed E-state index contributed by atoms with van der Waals surface area (Å²) in [5.74, 6) is -1.16. The van der Waals surface area contributed by atoms with Gasteiger partial charge in [0.1, 0.15) is 6.54 Å². The Morgan fingerprint density at radius 2 is 1.71 bits per heavy atom. The van der Waals surface area contributed by atoms with Crippen LogP contribution < -0.4 is 11.1 Å². The summed E-state index contributed by atoms with van der Waals surface area (Å²) in [6.07, 6.45) is 3.47. The molecule has 3 rings (SSSR count). The number of imide groups is 1. The molecular weight excluding hydrogens is 306 g/mol. The van der Waals surface area contributed by atoms with Crippen molar-refractivity contribution in [2.24, 2.45) is 17.6 Å². The Morgan fingerprint density at radius 1 is 1.12 bits per heavy atom. The molecule has 1 aliphatic heterocycles. The predicted molar refractivity (Wildman–Crippen MR) is 88.5 cm³/mol. The van der Waals surface area contributed by atoms with E-state index in [9.17, 15) is 14.4 Å². The van der Waals surface area contributed by atoms with Gasteiger partial charge in [-0.05, 0) is 18.4 Å². The average Bonchev–Trinajstić information content (AvgIpc) is 2.86. The molecule has 1 aromatic rings. The first kappa shape index (κ1) is 16.6. The largest absolute Gasteiger partial charge is 0.353 e. The van der Waals surface area contributed by atoms with E-state index >= 15 is 0 Å². The first-order chi connectivity index (χ1) is 11.6. The van der Waals surface area contributed by atoms with E-state index in [2.05, 4.69) is 5.32 Å². The van der Waals surface area contributed by atoms with Crippen LogP contribution in [0, 0.1) is 11.8 Å². The zero-order chi connectivity index (χ0) is 17.1. The molecule has 6 nitrogen and oxygen atoms in total. The fraction of sp³-hybridized carbons (Fsp3) is 0.500. The highest BCUT2D eigenvalue weighted by atomic mass is 16.2. The summed E-state index contributed by atoms with van der Waals surface area (Å²) in [7, 11) is 0. The highest BCUT2D eigenvalue weighted by molar-refractivity contribution is 6.07.